The number of benzene rings is 1. The first-order chi connectivity index (χ1) is 15.8. The highest BCUT2D eigenvalue weighted by molar-refractivity contribution is 5.74. The second kappa shape index (κ2) is 8.06. The molecule has 0 saturated carbocycles. The molecule has 2 N–H and O–H groups in total. The third-order valence-corrected chi connectivity index (χ3v) is 6.22. The Bertz CT molecular complexity index is 1130. The normalized spacial score (nSPS) is 20.2. The number of carbonyl (C=O) groups excluding carboxylic acids is 1. The number of phenols is 1. The lowest BCUT2D eigenvalue weighted by molar-refractivity contribution is 0.0282. The fraction of sp³-hybridized carbons (Fsp3) is 0.417. The molecular weight excluding hydrogens is 420 g/mol. The van der Waals surface area contributed by atoms with E-state index >= 15 is 0 Å². The number of carbonyl (C=O) groups is 1. The zero-order chi connectivity index (χ0) is 23.2. The Hall–Kier alpha value is -3.62. The standard InChI is InChI=1S/C24H28N6O3/c1-24(2,3)33-23(32)30-13-17-11-29(12-18(17)14-30)22-7-6-20(27-28-22)19-5-4-15(8-21(19)31)16-9-25-26-10-16/h4-10,17-18,31H,11-14H2,1-3H3,(H,25,26)/t17-,18+. The van der Waals surface area contributed by atoms with Gasteiger partial charge >= 0.3 is 6.09 Å². The Balaban J connectivity index is 1.23. The van der Waals surface area contributed by atoms with Crippen LogP contribution in [0.5, 0.6) is 5.75 Å². The maximum absolute atomic E-state index is 12.4. The minimum Gasteiger partial charge on any atom is -0.507 e. The molecule has 33 heavy (non-hydrogen) atoms. The van der Waals surface area contributed by atoms with Crippen LogP contribution in [0, 0.1) is 11.8 Å². The first-order valence-corrected chi connectivity index (χ1v) is 11.2. The molecule has 1 amide bonds. The smallest absolute Gasteiger partial charge is 0.410 e. The van der Waals surface area contributed by atoms with Crippen LogP contribution in [0.4, 0.5) is 10.6 Å². The number of aromatic nitrogens is 4. The van der Waals surface area contributed by atoms with E-state index in [2.05, 4.69) is 25.3 Å². The van der Waals surface area contributed by atoms with Gasteiger partial charge in [-0.1, -0.05) is 6.07 Å². The van der Waals surface area contributed by atoms with Gasteiger partial charge in [0.1, 0.15) is 11.4 Å². The maximum atomic E-state index is 12.4. The third-order valence-electron chi connectivity index (χ3n) is 6.22. The van der Waals surface area contributed by atoms with E-state index in [0.29, 0.717) is 36.2 Å². The predicted octanol–water partition coefficient (Wildman–Crippen LogP) is 3.54. The Kier molecular flexibility index (Phi) is 5.19. The van der Waals surface area contributed by atoms with Gasteiger partial charge in [0.05, 0.1) is 11.9 Å². The number of aromatic hydroxyl groups is 1. The third kappa shape index (κ3) is 4.35. The average molecular weight is 449 g/mol. The number of aromatic amines is 1. The van der Waals surface area contributed by atoms with Gasteiger partial charge in [-0.05, 0) is 50.6 Å². The van der Waals surface area contributed by atoms with Crippen LogP contribution in [-0.2, 0) is 4.74 Å². The van der Waals surface area contributed by atoms with Crippen molar-refractivity contribution in [3.05, 3.63) is 42.7 Å². The van der Waals surface area contributed by atoms with E-state index in [4.69, 9.17) is 4.74 Å². The summed E-state index contributed by atoms with van der Waals surface area (Å²) in [7, 11) is 0. The average Bonchev–Trinajstić information content (AvgIpc) is 3.49. The number of likely N-dealkylation sites (tertiary alicyclic amines) is 1. The van der Waals surface area contributed by atoms with Crippen molar-refractivity contribution in [3.63, 3.8) is 0 Å². The molecule has 2 fully saturated rings. The van der Waals surface area contributed by atoms with Crippen molar-refractivity contribution < 1.29 is 14.6 Å². The van der Waals surface area contributed by atoms with E-state index in [1.54, 1.807) is 18.5 Å². The lowest BCUT2D eigenvalue weighted by Gasteiger charge is -2.26. The number of ether oxygens (including phenoxy) is 1. The quantitative estimate of drug-likeness (QED) is 0.631. The number of fused-ring (bicyclic) bond motifs is 1. The molecule has 2 aromatic heterocycles. The topological polar surface area (TPSA) is 107 Å². The highest BCUT2D eigenvalue weighted by Crippen LogP contribution is 2.35. The van der Waals surface area contributed by atoms with Crippen molar-refractivity contribution in [2.75, 3.05) is 31.1 Å². The summed E-state index contributed by atoms with van der Waals surface area (Å²) in [6.07, 6.45) is 3.26. The summed E-state index contributed by atoms with van der Waals surface area (Å²) in [5, 5.41) is 26.0. The second-order valence-electron chi connectivity index (χ2n) is 9.81. The van der Waals surface area contributed by atoms with E-state index in [1.807, 2.05) is 49.9 Å². The number of phenolic OH excluding ortho intramolecular Hbond substituents is 1. The van der Waals surface area contributed by atoms with Crippen LogP contribution in [0.25, 0.3) is 22.4 Å². The minimum atomic E-state index is -0.480. The summed E-state index contributed by atoms with van der Waals surface area (Å²) in [5.74, 6) is 1.76. The van der Waals surface area contributed by atoms with Gasteiger partial charge in [0.25, 0.3) is 0 Å². The van der Waals surface area contributed by atoms with Crippen molar-refractivity contribution in [1.82, 2.24) is 25.3 Å². The highest BCUT2D eigenvalue weighted by atomic mass is 16.6. The molecule has 4 heterocycles. The largest absolute Gasteiger partial charge is 0.507 e. The van der Waals surface area contributed by atoms with E-state index in [1.165, 1.54) is 0 Å². The summed E-state index contributed by atoms with van der Waals surface area (Å²) < 4.78 is 5.52. The van der Waals surface area contributed by atoms with Crippen LogP contribution < -0.4 is 4.90 Å². The lowest BCUT2D eigenvalue weighted by atomic mass is 10.0. The van der Waals surface area contributed by atoms with Crippen molar-refractivity contribution in [3.8, 4) is 28.1 Å². The van der Waals surface area contributed by atoms with Gasteiger partial charge in [0.2, 0.25) is 0 Å². The summed E-state index contributed by atoms with van der Waals surface area (Å²) >= 11 is 0. The Morgan fingerprint density at radius 2 is 1.82 bits per heavy atom. The molecular formula is C24H28N6O3. The summed E-state index contributed by atoms with van der Waals surface area (Å²) in [6, 6.07) is 9.29. The molecule has 0 bridgehead atoms. The zero-order valence-electron chi connectivity index (χ0n) is 19.0. The minimum absolute atomic E-state index is 0.147. The maximum Gasteiger partial charge on any atom is 0.410 e. The summed E-state index contributed by atoms with van der Waals surface area (Å²) in [6.45, 7) is 8.75. The molecule has 0 unspecified atom stereocenters. The SMILES string of the molecule is CC(C)(C)OC(=O)N1C[C@@H]2CN(c3ccc(-c4ccc(-c5cn[nH]c5)cc4O)nn3)C[C@@H]2C1. The van der Waals surface area contributed by atoms with Gasteiger partial charge in [-0.15, -0.1) is 10.2 Å². The molecule has 2 atom stereocenters. The second-order valence-corrected chi connectivity index (χ2v) is 9.81. The molecule has 1 aromatic carbocycles. The molecule has 172 valence electrons. The lowest BCUT2D eigenvalue weighted by Crippen LogP contribution is -2.37. The van der Waals surface area contributed by atoms with E-state index in [0.717, 1.165) is 30.0 Å². The Morgan fingerprint density at radius 1 is 1.06 bits per heavy atom. The zero-order valence-corrected chi connectivity index (χ0v) is 19.0. The van der Waals surface area contributed by atoms with Crippen molar-refractivity contribution >= 4 is 11.9 Å². The van der Waals surface area contributed by atoms with E-state index < -0.39 is 5.60 Å². The fourth-order valence-electron chi connectivity index (χ4n) is 4.63. The van der Waals surface area contributed by atoms with Crippen LogP contribution >= 0.6 is 0 Å². The number of hydrogen-bond donors (Lipinski definition) is 2. The number of rotatable bonds is 3. The van der Waals surface area contributed by atoms with Gasteiger partial charge in [0.15, 0.2) is 5.82 Å². The number of amides is 1. The summed E-state index contributed by atoms with van der Waals surface area (Å²) in [4.78, 5) is 16.4. The number of nitrogens with zero attached hydrogens (tertiary/aromatic N) is 5. The van der Waals surface area contributed by atoms with Gasteiger partial charge in [-0.25, -0.2) is 4.79 Å². The predicted molar refractivity (Wildman–Crippen MR) is 124 cm³/mol. The van der Waals surface area contributed by atoms with Crippen LogP contribution in [0.15, 0.2) is 42.7 Å². The Morgan fingerprint density at radius 3 is 2.39 bits per heavy atom. The van der Waals surface area contributed by atoms with Crippen LogP contribution in [0.1, 0.15) is 20.8 Å². The molecule has 9 nitrogen and oxygen atoms in total. The molecule has 3 aromatic rings. The number of H-pyrrole nitrogens is 1. The number of anilines is 1. The Labute approximate surface area is 192 Å². The van der Waals surface area contributed by atoms with Gasteiger partial charge < -0.3 is 19.6 Å². The van der Waals surface area contributed by atoms with Gasteiger partial charge in [-0.3, -0.25) is 5.10 Å². The molecule has 2 saturated heterocycles. The molecule has 2 aliphatic rings. The molecule has 0 spiro atoms. The van der Waals surface area contributed by atoms with Crippen LogP contribution in [0.2, 0.25) is 0 Å². The van der Waals surface area contributed by atoms with E-state index in [-0.39, 0.29) is 11.8 Å². The van der Waals surface area contributed by atoms with Crippen molar-refractivity contribution in [2.24, 2.45) is 11.8 Å². The van der Waals surface area contributed by atoms with Crippen molar-refractivity contribution in [2.45, 2.75) is 26.4 Å². The monoisotopic (exact) mass is 448 g/mol. The van der Waals surface area contributed by atoms with Gasteiger partial charge in [0, 0.05) is 55.3 Å². The molecule has 9 heteroatoms. The van der Waals surface area contributed by atoms with Crippen LogP contribution in [-0.4, -0.2) is 68.3 Å². The number of hydrogen-bond acceptors (Lipinski definition) is 7. The van der Waals surface area contributed by atoms with E-state index in [9.17, 15) is 9.90 Å². The molecule has 0 aliphatic carbocycles. The number of nitrogens with one attached hydrogen (secondary N) is 1. The highest BCUT2D eigenvalue weighted by Gasteiger charge is 2.43. The fourth-order valence-corrected chi connectivity index (χ4v) is 4.63. The first kappa shape index (κ1) is 21.2. The first-order valence-electron chi connectivity index (χ1n) is 11.2. The molecule has 0 radical (unpaired) electrons. The molecule has 5 rings (SSSR count). The van der Waals surface area contributed by atoms with Gasteiger partial charge in [-0.2, -0.15) is 5.10 Å². The molecule has 2 aliphatic heterocycles. The van der Waals surface area contributed by atoms with Crippen LogP contribution in [0.3, 0.4) is 0 Å². The van der Waals surface area contributed by atoms with Crippen molar-refractivity contribution in [1.29, 1.82) is 0 Å². The summed E-state index contributed by atoms with van der Waals surface area (Å²) in [5.41, 5.74) is 2.55.